The SMILES string of the molecule is Cc1ccc(S(=O)(=O)C2=C(Cl)C(=O)OC2OC(C)C)cc1. The molecule has 0 fully saturated rings. The monoisotopic (exact) mass is 330 g/mol. The zero-order chi connectivity index (χ0) is 15.8. The van der Waals surface area contributed by atoms with E-state index in [-0.39, 0.29) is 15.9 Å². The molecule has 1 aliphatic heterocycles. The lowest BCUT2D eigenvalue weighted by molar-refractivity contribution is -0.164. The highest BCUT2D eigenvalue weighted by Gasteiger charge is 2.43. The van der Waals surface area contributed by atoms with Gasteiger partial charge >= 0.3 is 5.97 Å². The summed E-state index contributed by atoms with van der Waals surface area (Å²) in [6, 6.07) is 6.24. The van der Waals surface area contributed by atoms with Gasteiger partial charge in [-0.25, -0.2) is 13.2 Å². The maximum atomic E-state index is 12.6. The molecule has 1 atom stereocenters. The van der Waals surface area contributed by atoms with E-state index in [1.807, 2.05) is 6.92 Å². The second-order valence-corrected chi connectivity index (χ2v) is 7.21. The summed E-state index contributed by atoms with van der Waals surface area (Å²) < 4.78 is 35.5. The van der Waals surface area contributed by atoms with Gasteiger partial charge in [0, 0.05) is 0 Å². The van der Waals surface area contributed by atoms with Crippen LogP contribution in [-0.2, 0) is 24.1 Å². The molecule has 21 heavy (non-hydrogen) atoms. The number of hydrogen-bond acceptors (Lipinski definition) is 5. The van der Waals surface area contributed by atoms with Crippen LogP contribution in [0.1, 0.15) is 19.4 Å². The number of ether oxygens (including phenoxy) is 2. The molecule has 0 spiro atoms. The number of rotatable bonds is 4. The zero-order valence-corrected chi connectivity index (χ0v) is 13.4. The van der Waals surface area contributed by atoms with Crippen molar-refractivity contribution in [2.24, 2.45) is 0 Å². The van der Waals surface area contributed by atoms with Gasteiger partial charge in [-0.1, -0.05) is 29.3 Å². The Morgan fingerprint density at radius 1 is 1.24 bits per heavy atom. The Labute approximate surface area is 128 Å². The molecular weight excluding hydrogens is 316 g/mol. The lowest BCUT2D eigenvalue weighted by Gasteiger charge is -2.17. The average molecular weight is 331 g/mol. The molecule has 7 heteroatoms. The minimum absolute atomic E-state index is 0.0388. The molecule has 0 radical (unpaired) electrons. The molecule has 0 aliphatic carbocycles. The van der Waals surface area contributed by atoms with E-state index in [0.29, 0.717) is 0 Å². The Morgan fingerprint density at radius 3 is 2.33 bits per heavy atom. The van der Waals surface area contributed by atoms with Crippen LogP contribution in [0.2, 0.25) is 0 Å². The van der Waals surface area contributed by atoms with Crippen LogP contribution in [0.5, 0.6) is 0 Å². The van der Waals surface area contributed by atoms with Gasteiger partial charge in [-0.05, 0) is 32.9 Å². The van der Waals surface area contributed by atoms with Crippen LogP contribution < -0.4 is 0 Å². The second kappa shape index (κ2) is 5.79. The van der Waals surface area contributed by atoms with Gasteiger partial charge in [-0.3, -0.25) is 0 Å². The molecule has 0 N–H and O–H groups in total. The summed E-state index contributed by atoms with van der Waals surface area (Å²) in [6.45, 7) is 5.25. The first-order chi connectivity index (χ1) is 9.73. The van der Waals surface area contributed by atoms with E-state index in [1.54, 1.807) is 26.0 Å². The van der Waals surface area contributed by atoms with Gasteiger partial charge in [0.15, 0.2) is 0 Å². The fourth-order valence-corrected chi connectivity index (χ4v) is 3.70. The average Bonchev–Trinajstić information content (AvgIpc) is 2.64. The first kappa shape index (κ1) is 16.0. The fraction of sp³-hybridized carbons (Fsp3) is 0.357. The number of carbonyl (C=O) groups excluding carboxylic acids is 1. The first-order valence-electron chi connectivity index (χ1n) is 6.31. The molecule has 0 saturated heterocycles. The van der Waals surface area contributed by atoms with Gasteiger partial charge in [0.1, 0.15) is 9.94 Å². The van der Waals surface area contributed by atoms with Crippen molar-refractivity contribution in [2.75, 3.05) is 0 Å². The predicted molar refractivity (Wildman–Crippen MR) is 77.3 cm³/mol. The van der Waals surface area contributed by atoms with Gasteiger partial charge in [0.05, 0.1) is 11.0 Å². The molecule has 1 aromatic rings. The van der Waals surface area contributed by atoms with Crippen LogP contribution >= 0.6 is 11.6 Å². The molecule has 2 rings (SSSR count). The van der Waals surface area contributed by atoms with E-state index in [4.69, 9.17) is 21.1 Å². The summed E-state index contributed by atoms with van der Waals surface area (Å²) in [7, 11) is -3.96. The number of cyclic esters (lactones) is 1. The number of halogens is 1. The number of hydrogen-bond donors (Lipinski definition) is 0. The minimum Gasteiger partial charge on any atom is -0.426 e. The molecule has 0 aromatic heterocycles. The van der Waals surface area contributed by atoms with E-state index >= 15 is 0 Å². The van der Waals surface area contributed by atoms with Crippen LogP contribution in [0.15, 0.2) is 39.1 Å². The van der Waals surface area contributed by atoms with Crippen molar-refractivity contribution < 1.29 is 22.7 Å². The lowest BCUT2D eigenvalue weighted by atomic mass is 10.2. The van der Waals surface area contributed by atoms with E-state index in [2.05, 4.69) is 0 Å². The van der Waals surface area contributed by atoms with E-state index in [1.165, 1.54) is 12.1 Å². The van der Waals surface area contributed by atoms with Gasteiger partial charge < -0.3 is 9.47 Å². The number of aryl methyl sites for hydroxylation is 1. The predicted octanol–water partition coefficient (Wildman–Crippen LogP) is 2.53. The maximum absolute atomic E-state index is 12.6. The van der Waals surface area contributed by atoms with Crippen molar-refractivity contribution in [2.45, 2.75) is 38.1 Å². The molecule has 0 saturated carbocycles. The standard InChI is InChI=1S/C14H15ClO5S/c1-8(2)19-14-12(11(15)13(16)20-14)21(17,18)10-6-4-9(3)5-7-10/h4-8,14H,1-3H3. The highest BCUT2D eigenvalue weighted by Crippen LogP contribution is 2.35. The first-order valence-corrected chi connectivity index (χ1v) is 8.17. The van der Waals surface area contributed by atoms with Crippen LogP contribution in [0, 0.1) is 6.92 Å². The Hall–Kier alpha value is -1.37. The summed E-state index contributed by atoms with van der Waals surface area (Å²) in [5.41, 5.74) is 0.919. The van der Waals surface area contributed by atoms with Crippen LogP contribution in [0.4, 0.5) is 0 Å². The van der Waals surface area contributed by atoms with Gasteiger partial charge in [0.2, 0.25) is 16.1 Å². The lowest BCUT2D eigenvalue weighted by Crippen LogP contribution is -2.24. The second-order valence-electron chi connectivity index (χ2n) is 4.92. The van der Waals surface area contributed by atoms with Crippen molar-refractivity contribution in [1.82, 2.24) is 0 Å². The molecule has 0 amide bonds. The largest absolute Gasteiger partial charge is 0.426 e. The van der Waals surface area contributed by atoms with E-state index < -0.39 is 27.1 Å². The van der Waals surface area contributed by atoms with Crippen molar-refractivity contribution in [1.29, 1.82) is 0 Å². The number of benzene rings is 1. The van der Waals surface area contributed by atoms with Gasteiger partial charge in [-0.2, -0.15) is 0 Å². The maximum Gasteiger partial charge on any atom is 0.353 e. The summed E-state index contributed by atoms with van der Waals surface area (Å²) in [6.07, 6.45) is -1.63. The molecule has 1 aromatic carbocycles. The molecular formula is C14H15ClO5S. The zero-order valence-electron chi connectivity index (χ0n) is 11.8. The van der Waals surface area contributed by atoms with Gasteiger partial charge in [-0.15, -0.1) is 0 Å². The third-order valence-electron chi connectivity index (χ3n) is 2.84. The molecule has 1 heterocycles. The third kappa shape index (κ3) is 3.12. The quantitative estimate of drug-likeness (QED) is 0.793. The highest BCUT2D eigenvalue weighted by molar-refractivity contribution is 7.95. The van der Waals surface area contributed by atoms with Crippen LogP contribution in [-0.4, -0.2) is 26.8 Å². The van der Waals surface area contributed by atoms with E-state index in [9.17, 15) is 13.2 Å². The molecule has 1 aliphatic rings. The van der Waals surface area contributed by atoms with Crippen LogP contribution in [0.25, 0.3) is 0 Å². The molecule has 114 valence electrons. The van der Waals surface area contributed by atoms with Crippen molar-refractivity contribution in [3.05, 3.63) is 39.8 Å². The summed E-state index contributed by atoms with van der Waals surface area (Å²) in [4.78, 5) is 11.2. The number of carbonyl (C=O) groups is 1. The number of esters is 1. The smallest absolute Gasteiger partial charge is 0.353 e. The van der Waals surface area contributed by atoms with E-state index in [0.717, 1.165) is 5.56 Å². The van der Waals surface area contributed by atoms with Crippen molar-refractivity contribution in [3.63, 3.8) is 0 Å². The number of sulfone groups is 1. The summed E-state index contributed by atoms with van der Waals surface area (Å²) >= 11 is 5.82. The summed E-state index contributed by atoms with van der Waals surface area (Å²) in [5.74, 6) is -0.895. The fourth-order valence-electron chi connectivity index (χ4n) is 1.83. The summed E-state index contributed by atoms with van der Waals surface area (Å²) in [5, 5.41) is -0.457. The molecule has 0 bridgehead atoms. The third-order valence-corrected chi connectivity index (χ3v) is 5.18. The molecule has 5 nitrogen and oxygen atoms in total. The Bertz CT molecular complexity index is 689. The van der Waals surface area contributed by atoms with Crippen molar-refractivity contribution in [3.8, 4) is 0 Å². The Balaban J connectivity index is 2.50. The molecule has 1 unspecified atom stereocenters. The van der Waals surface area contributed by atoms with Crippen LogP contribution in [0.3, 0.4) is 0 Å². The highest BCUT2D eigenvalue weighted by atomic mass is 35.5. The topological polar surface area (TPSA) is 69.7 Å². The Morgan fingerprint density at radius 2 is 1.81 bits per heavy atom. The normalized spacial score (nSPS) is 19.3. The van der Waals surface area contributed by atoms with Crippen molar-refractivity contribution >= 4 is 27.4 Å². The van der Waals surface area contributed by atoms with Gasteiger partial charge in [0.25, 0.3) is 0 Å². The Kier molecular flexibility index (Phi) is 4.41. The minimum atomic E-state index is -3.96.